The molecule has 0 aliphatic carbocycles. The summed E-state index contributed by atoms with van der Waals surface area (Å²) in [5.74, 6) is 0.0160. The van der Waals surface area contributed by atoms with E-state index < -0.39 is 0 Å². The van der Waals surface area contributed by atoms with Crippen LogP contribution in [0.5, 0.6) is 0 Å². The van der Waals surface area contributed by atoms with E-state index in [0.717, 1.165) is 25.9 Å². The molecule has 0 aromatic heterocycles. The van der Waals surface area contributed by atoms with Gasteiger partial charge in [-0.15, -0.1) is 12.4 Å². The summed E-state index contributed by atoms with van der Waals surface area (Å²) in [6.07, 6.45) is 2.72. The van der Waals surface area contributed by atoms with Crippen LogP contribution in [0.2, 0.25) is 0 Å². The van der Waals surface area contributed by atoms with Crippen molar-refractivity contribution in [2.24, 2.45) is 11.8 Å². The molecule has 0 saturated carbocycles. The number of hydrogen-bond donors (Lipinski definition) is 3. The Bertz CT molecular complexity index is 533. The molecule has 0 spiro atoms. The highest BCUT2D eigenvalue weighted by atomic mass is 35.5. The summed E-state index contributed by atoms with van der Waals surface area (Å²) in [7, 11) is 0. The first-order valence-electron chi connectivity index (χ1n) is 8.07. The predicted octanol–water partition coefficient (Wildman–Crippen LogP) is 2.33. The topological polar surface area (TPSA) is 70.2 Å². The third-order valence-corrected chi connectivity index (χ3v) is 4.22. The van der Waals surface area contributed by atoms with Gasteiger partial charge in [-0.05, 0) is 62.0 Å². The Morgan fingerprint density at radius 2 is 2.00 bits per heavy atom. The second-order valence-electron chi connectivity index (χ2n) is 6.12. The van der Waals surface area contributed by atoms with Crippen LogP contribution in [0.15, 0.2) is 24.3 Å². The highest BCUT2D eigenvalue weighted by molar-refractivity contribution is 5.94. The molecule has 1 aliphatic rings. The van der Waals surface area contributed by atoms with Crippen molar-refractivity contribution in [3.63, 3.8) is 0 Å². The number of carbonyl (C=O) groups excluding carboxylic acids is 2. The van der Waals surface area contributed by atoms with Gasteiger partial charge in [-0.1, -0.05) is 6.92 Å². The number of benzene rings is 1. The molecule has 5 nitrogen and oxygen atoms in total. The van der Waals surface area contributed by atoms with Crippen molar-refractivity contribution >= 4 is 29.9 Å². The number of rotatable bonds is 6. The maximum atomic E-state index is 12.8. The molecule has 2 atom stereocenters. The van der Waals surface area contributed by atoms with Gasteiger partial charge in [0.15, 0.2) is 0 Å². The van der Waals surface area contributed by atoms with Crippen LogP contribution < -0.4 is 16.0 Å². The minimum absolute atomic E-state index is 0. The van der Waals surface area contributed by atoms with E-state index >= 15 is 0 Å². The number of carbonyl (C=O) groups is 2. The average Bonchev–Trinajstić information content (AvgIpc) is 2.56. The van der Waals surface area contributed by atoms with Crippen molar-refractivity contribution in [2.45, 2.75) is 26.2 Å². The largest absolute Gasteiger partial charge is 0.347 e. The van der Waals surface area contributed by atoms with Gasteiger partial charge in [-0.2, -0.15) is 0 Å². The van der Waals surface area contributed by atoms with Gasteiger partial charge in [0, 0.05) is 12.1 Å². The Kier molecular flexibility index (Phi) is 8.71. The van der Waals surface area contributed by atoms with E-state index in [1.54, 1.807) is 0 Å². The van der Waals surface area contributed by atoms with Crippen molar-refractivity contribution in [3.05, 3.63) is 30.1 Å². The monoisotopic (exact) mass is 357 g/mol. The van der Waals surface area contributed by atoms with Crippen LogP contribution in [-0.2, 0) is 9.59 Å². The molecule has 1 aromatic rings. The minimum atomic E-state index is -0.359. The van der Waals surface area contributed by atoms with Gasteiger partial charge >= 0.3 is 0 Å². The Balaban J connectivity index is 0.00000288. The Labute approximate surface area is 148 Å². The van der Waals surface area contributed by atoms with Gasteiger partial charge in [0.25, 0.3) is 0 Å². The molecular formula is C17H25ClFN3O2. The second kappa shape index (κ2) is 10.3. The fourth-order valence-electron chi connectivity index (χ4n) is 2.81. The lowest BCUT2D eigenvalue weighted by Gasteiger charge is -2.27. The normalized spacial score (nSPS) is 18.2. The number of nitrogens with one attached hydrogen (secondary N) is 3. The zero-order valence-corrected chi connectivity index (χ0v) is 14.6. The van der Waals surface area contributed by atoms with Crippen LogP contribution in [0.4, 0.5) is 10.1 Å². The van der Waals surface area contributed by atoms with Crippen LogP contribution >= 0.6 is 12.4 Å². The summed E-state index contributed by atoms with van der Waals surface area (Å²) in [6, 6.07) is 5.50. The third kappa shape index (κ3) is 6.84. The molecule has 1 heterocycles. The first kappa shape index (κ1) is 20.4. The quantitative estimate of drug-likeness (QED) is 0.731. The fraction of sp³-hybridized carbons (Fsp3) is 0.529. The van der Waals surface area contributed by atoms with Crippen LogP contribution in [0.25, 0.3) is 0 Å². The van der Waals surface area contributed by atoms with Crippen LogP contribution in [0, 0.1) is 17.7 Å². The van der Waals surface area contributed by atoms with Crippen LogP contribution in [-0.4, -0.2) is 31.4 Å². The number of halogens is 2. The van der Waals surface area contributed by atoms with E-state index in [2.05, 4.69) is 22.9 Å². The van der Waals surface area contributed by atoms with E-state index in [-0.39, 0.29) is 36.6 Å². The standard InChI is InChI=1S/C17H24FN3O2.ClH/c1-12(13-3-2-8-19-10-13)9-16(22)20-11-17(23)21-15-6-4-14(18)5-7-15;/h4-7,12-13,19H,2-3,8-11H2,1H3,(H,20,22)(H,21,23);1H. The SMILES string of the molecule is CC(CC(=O)NCC(=O)Nc1ccc(F)cc1)C1CCCNC1.Cl. The summed E-state index contributed by atoms with van der Waals surface area (Å²) in [6.45, 7) is 4.01. The summed E-state index contributed by atoms with van der Waals surface area (Å²) < 4.78 is 12.8. The molecule has 7 heteroatoms. The Morgan fingerprint density at radius 1 is 1.29 bits per heavy atom. The second-order valence-corrected chi connectivity index (χ2v) is 6.12. The third-order valence-electron chi connectivity index (χ3n) is 4.22. The molecule has 1 aromatic carbocycles. The fourth-order valence-corrected chi connectivity index (χ4v) is 2.81. The molecule has 0 radical (unpaired) electrons. The number of piperidine rings is 1. The summed E-state index contributed by atoms with van der Waals surface area (Å²) in [5, 5.41) is 8.60. The number of anilines is 1. The highest BCUT2D eigenvalue weighted by Crippen LogP contribution is 2.22. The molecule has 2 rings (SSSR count). The van der Waals surface area contributed by atoms with Gasteiger partial charge in [0.2, 0.25) is 11.8 Å². The lowest BCUT2D eigenvalue weighted by atomic mass is 9.85. The molecule has 1 saturated heterocycles. The summed E-state index contributed by atoms with van der Waals surface area (Å²) in [5.41, 5.74) is 0.507. The van der Waals surface area contributed by atoms with E-state index in [1.807, 2.05) is 0 Å². The molecule has 134 valence electrons. The first-order chi connectivity index (χ1) is 11.0. The summed E-state index contributed by atoms with van der Waals surface area (Å²) in [4.78, 5) is 23.7. The van der Waals surface area contributed by atoms with E-state index in [1.165, 1.54) is 24.3 Å². The molecule has 1 fully saturated rings. The zero-order chi connectivity index (χ0) is 16.7. The smallest absolute Gasteiger partial charge is 0.243 e. The molecule has 2 amide bonds. The molecule has 1 aliphatic heterocycles. The van der Waals surface area contributed by atoms with Crippen molar-refractivity contribution in [3.8, 4) is 0 Å². The van der Waals surface area contributed by atoms with Gasteiger partial charge in [-0.3, -0.25) is 9.59 Å². The predicted molar refractivity (Wildman–Crippen MR) is 94.7 cm³/mol. The molecule has 2 unspecified atom stereocenters. The Hall–Kier alpha value is -1.66. The van der Waals surface area contributed by atoms with Crippen molar-refractivity contribution < 1.29 is 14.0 Å². The molecule has 3 N–H and O–H groups in total. The lowest BCUT2D eigenvalue weighted by Crippen LogP contribution is -2.37. The minimum Gasteiger partial charge on any atom is -0.347 e. The zero-order valence-electron chi connectivity index (χ0n) is 13.8. The van der Waals surface area contributed by atoms with E-state index in [4.69, 9.17) is 0 Å². The van der Waals surface area contributed by atoms with Gasteiger partial charge in [-0.25, -0.2) is 4.39 Å². The van der Waals surface area contributed by atoms with Crippen molar-refractivity contribution in [1.82, 2.24) is 10.6 Å². The molecule has 0 bridgehead atoms. The van der Waals surface area contributed by atoms with Gasteiger partial charge in [0.1, 0.15) is 5.82 Å². The van der Waals surface area contributed by atoms with Crippen LogP contribution in [0.1, 0.15) is 26.2 Å². The molecule has 24 heavy (non-hydrogen) atoms. The maximum Gasteiger partial charge on any atom is 0.243 e. The van der Waals surface area contributed by atoms with E-state index in [9.17, 15) is 14.0 Å². The maximum absolute atomic E-state index is 12.8. The lowest BCUT2D eigenvalue weighted by molar-refractivity contribution is -0.125. The number of amides is 2. The van der Waals surface area contributed by atoms with Gasteiger partial charge < -0.3 is 16.0 Å². The van der Waals surface area contributed by atoms with Crippen molar-refractivity contribution in [1.29, 1.82) is 0 Å². The van der Waals surface area contributed by atoms with Crippen LogP contribution in [0.3, 0.4) is 0 Å². The Morgan fingerprint density at radius 3 is 2.62 bits per heavy atom. The average molecular weight is 358 g/mol. The van der Waals surface area contributed by atoms with Gasteiger partial charge in [0.05, 0.1) is 6.54 Å². The molecular weight excluding hydrogens is 333 g/mol. The highest BCUT2D eigenvalue weighted by Gasteiger charge is 2.22. The van der Waals surface area contributed by atoms with E-state index in [0.29, 0.717) is 23.9 Å². The van der Waals surface area contributed by atoms with Crippen molar-refractivity contribution in [2.75, 3.05) is 25.0 Å². The summed E-state index contributed by atoms with van der Waals surface area (Å²) >= 11 is 0. The first-order valence-corrected chi connectivity index (χ1v) is 8.07. The number of hydrogen-bond acceptors (Lipinski definition) is 3.